The highest BCUT2D eigenvalue weighted by molar-refractivity contribution is 5.90. The maximum atomic E-state index is 11.4. The van der Waals surface area contributed by atoms with Crippen LogP contribution in [0.15, 0.2) is 60.7 Å². The van der Waals surface area contributed by atoms with Gasteiger partial charge in [0.25, 0.3) is 0 Å². The predicted octanol–water partition coefficient (Wildman–Crippen LogP) is 8.38. The van der Waals surface area contributed by atoms with Crippen molar-refractivity contribution in [3.05, 3.63) is 82.9 Å². The van der Waals surface area contributed by atoms with Crippen LogP contribution in [0.4, 0.5) is 9.59 Å². The molecule has 0 unspecified atom stereocenters. The summed E-state index contributed by atoms with van der Waals surface area (Å²) in [4.78, 5) is 22.5. The van der Waals surface area contributed by atoms with Crippen LogP contribution in [-0.2, 0) is 10.8 Å². The zero-order valence-electron chi connectivity index (χ0n) is 21.8. The maximum Gasteiger partial charge on any atom is 0.511 e. The lowest BCUT2D eigenvalue weighted by Crippen LogP contribution is -2.33. The largest absolute Gasteiger partial charge is 0.511 e. The smallest absolute Gasteiger partial charge is 0.449 e. The lowest BCUT2D eigenvalue weighted by molar-refractivity contribution is 0.143. The summed E-state index contributed by atoms with van der Waals surface area (Å²) in [7, 11) is 0. The monoisotopic (exact) mass is 500 g/mol. The van der Waals surface area contributed by atoms with E-state index < -0.39 is 12.3 Å². The number of ether oxygens (including phenoxy) is 2. The molecule has 3 aromatic carbocycles. The number of carbonyl (C=O) groups is 2. The fourth-order valence-electron chi connectivity index (χ4n) is 5.12. The molecule has 6 nitrogen and oxygen atoms in total. The van der Waals surface area contributed by atoms with E-state index in [1.807, 2.05) is 19.1 Å². The number of rotatable bonds is 5. The Morgan fingerprint density at radius 1 is 0.811 bits per heavy atom. The van der Waals surface area contributed by atoms with E-state index in [-0.39, 0.29) is 22.3 Å². The average Bonchev–Trinajstić information content (AvgIpc) is 2.81. The normalized spacial score (nSPS) is 16.0. The second-order valence-electron chi connectivity index (χ2n) is 10.8. The Kier molecular flexibility index (Phi) is 6.87. The Hall–Kier alpha value is -4.06. The van der Waals surface area contributed by atoms with Gasteiger partial charge >= 0.3 is 12.3 Å². The highest BCUT2D eigenvalue weighted by atomic mass is 16.7. The Morgan fingerprint density at radius 3 is 2.14 bits per heavy atom. The molecule has 0 spiro atoms. The Balaban J connectivity index is 1.84. The minimum absolute atomic E-state index is 0.0755. The molecule has 1 aliphatic rings. The number of hydrogen-bond acceptors (Lipinski definition) is 4. The Bertz CT molecular complexity index is 1400. The van der Waals surface area contributed by atoms with Gasteiger partial charge in [-0.3, -0.25) is 0 Å². The molecule has 4 rings (SSSR count). The molecule has 37 heavy (non-hydrogen) atoms. The fraction of sp³-hybridized carbons (Fsp3) is 0.290. The molecule has 0 heterocycles. The van der Waals surface area contributed by atoms with Crippen molar-refractivity contribution >= 4 is 24.0 Å². The SMILES string of the molecule is C/C(=C\c1cccc(OC(=O)O)c1-c1cccc(OC(=O)O)c1)c1ccc2c(c1)C(C)(C)CCC2(C)C. The highest BCUT2D eigenvalue weighted by Crippen LogP contribution is 2.46. The van der Waals surface area contributed by atoms with Crippen molar-refractivity contribution in [1.82, 2.24) is 0 Å². The fourth-order valence-corrected chi connectivity index (χ4v) is 5.12. The average molecular weight is 501 g/mol. The molecular formula is C31H32O6. The first-order valence-electron chi connectivity index (χ1n) is 12.3. The molecule has 0 aliphatic heterocycles. The minimum atomic E-state index is -1.43. The van der Waals surface area contributed by atoms with Crippen LogP contribution < -0.4 is 9.47 Å². The lowest BCUT2D eigenvalue weighted by atomic mass is 9.63. The topological polar surface area (TPSA) is 93.1 Å². The van der Waals surface area contributed by atoms with E-state index in [4.69, 9.17) is 14.6 Å². The molecule has 6 heteroatoms. The van der Waals surface area contributed by atoms with Gasteiger partial charge in [0.2, 0.25) is 0 Å². The number of fused-ring (bicyclic) bond motifs is 1. The molecule has 0 saturated heterocycles. The Morgan fingerprint density at radius 2 is 1.46 bits per heavy atom. The van der Waals surface area contributed by atoms with Gasteiger partial charge in [0.15, 0.2) is 0 Å². The van der Waals surface area contributed by atoms with Crippen molar-refractivity contribution in [3.8, 4) is 22.6 Å². The molecule has 0 aromatic heterocycles. The molecule has 0 amide bonds. The van der Waals surface area contributed by atoms with Crippen LogP contribution in [0.2, 0.25) is 0 Å². The van der Waals surface area contributed by atoms with Crippen LogP contribution in [0.1, 0.15) is 69.7 Å². The van der Waals surface area contributed by atoms with Crippen molar-refractivity contribution in [3.63, 3.8) is 0 Å². The maximum absolute atomic E-state index is 11.4. The summed E-state index contributed by atoms with van der Waals surface area (Å²) in [5.41, 5.74) is 6.87. The second-order valence-corrected chi connectivity index (χ2v) is 10.8. The van der Waals surface area contributed by atoms with E-state index in [0.29, 0.717) is 11.1 Å². The second kappa shape index (κ2) is 9.77. The van der Waals surface area contributed by atoms with Gasteiger partial charge in [-0.05, 0) is 82.2 Å². The van der Waals surface area contributed by atoms with Crippen molar-refractivity contribution < 1.29 is 29.3 Å². The van der Waals surface area contributed by atoms with Crippen molar-refractivity contribution in [2.45, 2.75) is 58.3 Å². The molecular weight excluding hydrogens is 468 g/mol. The van der Waals surface area contributed by atoms with Crippen LogP contribution in [0, 0.1) is 0 Å². The number of carboxylic acid groups (broad SMARTS) is 2. The highest BCUT2D eigenvalue weighted by Gasteiger charge is 2.37. The van der Waals surface area contributed by atoms with Gasteiger partial charge in [-0.25, -0.2) is 9.59 Å². The summed E-state index contributed by atoms with van der Waals surface area (Å²) in [6.07, 6.45) is 1.40. The number of hydrogen-bond donors (Lipinski definition) is 2. The van der Waals surface area contributed by atoms with E-state index >= 15 is 0 Å². The van der Waals surface area contributed by atoms with Gasteiger partial charge in [0, 0.05) is 5.56 Å². The van der Waals surface area contributed by atoms with Gasteiger partial charge in [-0.2, -0.15) is 0 Å². The van der Waals surface area contributed by atoms with Crippen LogP contribution >= 0.6 is 0 Å². The molecule has 2 N–H and O–H groups in total. The van der Waals surface area contributed by atoms with Crippen LogP contribution in [0.25, 0.3) is 22.8 Å². The first-order chi connectivity index (χ1) is 17.4. The molecule has 0 radical (unpaired) electrons. The third kappa shape index (κ3) is 5.53. The number of benzene rings is 3. The van der Waals surface area contributed by atoms with E-state index in [1.54, 1.807) is 30.3 Å². The third-order valence-electron chi connectivity index (χ3n) is 7.26. The van der Waals surface area contributed by atoms with Crippen LogP contribution in [-0.4, -0.2) is 22.5 Å². The van der Waals surface area contributed by atoms with Gasteiger partial charge < -0.3 is 19.7 Å². The first kappa shape index (κ1) is 26.0. The minimum Gasteiger partial charge on any atom is -0.449 e. The summed E-state index contributed by atoms with van der Waals surface area (Å²) in [6, 6.07) is 18.3. The number of allylic oxidation sites excluding steroid dienone is 1. The van der Waals surface area contributed by atoms with Crippen molar-refractivity contribution in [1.29, 1.82) is 0 Å². The molecule has 0 atom stereocenters. The van der Waals surface area contributed by atoms with Gasteiger partial charge in [-0.15, -0.1) is 0 Å². The molecule has 0 fully saturated rings. The zero-order valence-corrected chi connectivity index (χ0v) is 21.8. The molecule has 1 aliphatic carbocycles. The zero-order chi connectivity index (χ0) is 27.0. The van der Waals surface area contributed by atoms with Crippen LogP contribution in [0.5, 0.6) is 11.5 Å². The van der Waals surface area contributed by atoms with E-state index in [2.05, 4.69) is 45.9 Å². The van der Waals surface area contributed by atoms with Gasteiger partial charge in [0.05, 0.1) is 0 Å². The van der Waals surface area contributed by atoms with Crippen molar-refractivity contribution in [2.75, 3.05) is 0 Å². The summed E-state index contributed by atoms with van der Waals surface area (Å²) < 4.78 is 9.92. The lowest BCUT2D eigenvalue weighted by Gasteiger charge is -2.42. The van der Waals surface area contributed by atoms with Gasteiger partial charge in [0.1, 0.15) is 11.5 Å². The summed E-state index contributed by atoms with van der Waals surface area (Å²) >= 11 is 0. The van der Waals surface area contributed by atoms with E-state index in [1.165, 1.54) is 17.2 Å². The van der Waals surface area contributed by atoms with Gasteiger partial charge in [-0.1, -0.05) is 76.2 Å². The predicted molar refractivity (Wildman–Crippen MR) is 144 cm³/mol. The quantitative estimate of drug-likeness (QED) is 0.208. The van der Waals surface area contributed by atoms with E-state index in [0.717, 1.165) is 29.5 Å². The van der Waals surface area contributed by atoms with Crippen molar-refractivity contribution in [2.24, 2.45) is 0 Å². The standard InChI is InChI=1S/C31H32O6/c1-19(20-12-13-24-25(18-20)31(4,5)15-14-30(24,2)3)16-21-9-7-11-26(37-29(34)35)27(21)22-8-6-10-23(17-22)36-28(32)33/h6-13,16-18H,14-15H2,1-5H3,(H,32,33)(H,34,35)/b19-16+. The molecule has 192 valence electrons. The van der Waals surface area contributed by atoms with E-state index in [9.17, 15) is 14.7 Å². The summed E-state index contributed by atoms with van der Waals surface area (Å²) in [5.74, 6) is 0.274. The summed E-state index contributed by atoms with van der Waals surface area (Å²) in [5, 5.41) is 18.3. The summed E-state index contributed by atoms with van der Waals surface area (Å²) in [6.45, 7) is 11.2. The van der Waals surface area contributed by atoms with Crippen LogP contribution in [0.3, 0.4) is 0 Å². The molecule has 0 saturated carbocycles. The Labute approximate surface area is 217 Å². The molecule has 3 aromatic rings. The third-order valence-corrected chi connectivity index (χ3v) is 7.26. The molecule has 0 bridgehead atoms. The first-order valence-corrected chi connectivity index (χ1v) is 12.3.